The number of hydrogen-bond donors (Lipinski definition) is 1. The predicted octanol–water partition coefficient (Wildman–Crippen LogP) is 3.80. The molecule has 5 nitrogen and oxygen atoms in total. The minimum absolute atomic E-state index is 0.0903. The smallest absolute Gasteiger partial charge is 0.253 e. The molecule has 2 heterocycles. The Balaban J connectivity index is 1.29. The van der Waals surface area contributed by atoms with Crippen molar-refractivity contribution in [3.8, 4) is 0 Å². The van der Waals surface area contributed by atoms with Gasteiger partial charge in [0.05, 0.1) is 0 Å². The molecule has 30 heavy (non-hydrogen) atoms. The summed E-state index contributed by atoms with van der Waals surface area (Å²) in [5.74, 6) is 0.570. The van der Waals surface area contributed by atoms with E-state index in [0.29, 0.717) is 18.0 Å². The number of piperidine rings is 1. The summed E-state index contributed by atoms with van der Waals surface area (Å²) in [5, 5.41) is 3.21. The zero-order chi connectivity index (χ0) is 20.6. The number of rotatable bonds is 4. The van der Waals surface area contributed by atoms with Gasteiger partial charge in [-0.1, -0.05) is 24.3 Å². The van der Waals surface area contributed by atoms with E-state index in [1.165, 1.54) is 17.5 Å². The molecular formula is C25H29N3O2. The van der Waals surface area contributed by atoms with Gasteiger partial charge in [-0.25, -0.2) is 0 Å². The number of benzene rings is 1. The second-order valence-electron chi connectivity index (χ2n) is 9.20. The van der Waals surface area contributed by atoms with Crippen molar-refractivity contribution in [3.63, 3.8) is 0 Å². The van der Waals surface area contributed by atoms with Crippen LogP contribution in [0, 0.1) is 0 Å². The zero-order valence-corrected chi connectivity index (χ0v) is 17.3. The van der Waals surface area contributed by atoms with Crippen LogP contribution in [0.5, 0.6) is 0 Å². The van der Waals surface area contributed by atoms with Gasteiger partial charge in [0, 0.05) is 43.5 Å². The number of fused-ring (bicyclic) bond motifs is 2. The van der Waals surface area contributed by atoms with E-state index < -0.39 is 0 Å². The maximum absolute atomic E-state index is 12.8. The second kappa shape index (κ2) is 7.86. The number of carbonyl (C=O) groups excluding carboxylic acids is 2. The van der Waals surface area contributed by atoms with E-state index in [1.807, 2.05) is 4.90 Å². The third-order valence-corrected chi connectivity index (χ3v) is 7.45. The summed E-state index contributed by atoms with van der Waals surface area (Å²) in [5.41, 5.74) is 3.54. The van der Waals surface area contributed by atoms with E-state index in [4.69, 9.17) is 0 Å². The zero-order valence-electron chi connectivity index (χ0n) is 17.3. The van der Waals surface area contributed by atoms with E-state index >= 15 is 0 Å². The third-order valence-electron chi connectivity index (χ3n) is 7.45. The summed E-state index contributed by atoms with van der Waals surface area (Å²) in [7, 11) is 0. The van der Waals surface area contributed by atoms with Gasteiger partial charge in [0.25, 0.3) is 5.91 Å². The molecule has 1 spiro atoms. The average molecular weight is 404 g/mol. The lowest BCUT2D eigenvalue weighted by Gasteiger charge is -2.40. The topological polar surface area (TPSA) is 62.3 Å². The lowest BCUT2D eigenvalue weighted by atomic mass is 9.73. The fourth-order valence-corrected chi connectivity index (χ4v) is 5.56. The first-order chi connectivity index (χ1) is 14.6. The molecule has 0 unspecified atom stereocenters. The highest BCUT2D eigenvalue weighted by molar-refractivity contribution is 5.94. The SMILES string of the molecule is O=C(C[C@H]1CC2(CCN(C(=O)c3ccncc3)CC2)c2ccccc21)NC1CCC1. The van der Waals surface area contributed by atoms with Gasteiger partial charge >= 0.3 is 0 Å². The molecule has 1 aliphatic heterocycles. The first-order valence-electron chi connectivity index (χ1n) is 11.2. The molecule has 2 fully saturated rings. The van der Waals surface area contributed by atoms with Crippen molar-refractivity contribution >= 4 is 11.8 Å². The van der Waals surface area contributed by atoms with E-state index in [-0.39, 0.29) is 23.1 Å². The Morgan fingerprint density at radius 1 is 1.07 bits per heavy atom. The van der Waals surface area contributed by atoms with E-state index in [9.17, 15) is 9.59 Å². The second-order valence-corrected chi connectivity index (χ2v) is 9.20. The highest BCUT2D eigenvalue weighted by Gasteiger charge is 2.46. The molecule has 0 radical (unpaired) electrons. The molecule has 0 bridgehead atoms. The third kappa shape index (κ3) is 3.51. The van der Waals surface area contributed by atoms with Gasteiger partial charge in [-0.2, -0.15) is 0 Å². The number of aromatic nitrogens is 1. The Morgan fingerprint density at radius 3 is 2.50 bits per heavy atom. The molecule has 5 heteroatoms. The van der Waals surface area contributed by atoms with Crippen molar-refractivity contribution in [2.45, 2.75) is 62.3 Å². The fourth-order valence-electron chi connectivity index (χ4n) is 5.56. The lowest BCUT2D eigenvalue weighted by molar-refractivity contribution is -0.122. The average Bonchev–Trinajstić information content (AvgIpc) is 3.05. The van der Waals surface area contributed by atoms with Crippen molar-refractivity contribution in [3.05, 3.63) is 65.5 Å². The van der Waals surface area contributed by atoms with Crippen LogP contribution in [0.4, 0.5) is 0 Å². The van der Waals surface area contributed by atoms with Crippen molar-refractivity contribution < 1.29 is 9.59 Å². The van der Waals surface area contributed by atoms with Crippen molar-refractivity contribution in [2.75, 3.05) is 13.1 Å². The number of pyridine rings is 1. The van der Waals surface area contributed by atoms with Crippen LogP contribution in [0.15, 0.2) is 48.8 Å². The molecule has 1 saturated heterocycles. The molecule has 1 atom stereocenters. The summed E-state index contributed by atoms with van der Waals surface area (Å²) in [6.07, 6.45) is 10.3. The van der Waals surface area contributed by atoms with E-state index in [1.54, 1.807) is 24.5 Å². The molecule has 2 aromatic rings. The summed E-state index contributed by atoms with van der Waals surface area (Å²) < 4.78 is 0. The molecule has 3 aliphatic rings. The monoisotopic (exact) mass is 403 g/mol. The molecule has 1 saturated carbocycles. The minimum atomic E-state index is 0.0903. The standard InChI is InChI=1S/C25H29N3O2/c29-23(27-20-4-3-5-20)16-19-17-25(22-7-2-1-6-21(19)22)10-14-28(15-11-25)24(30)18-8-12-26-13-9-18/h1-2,6-9,12-13,19-20H,3-5,10-11,14-17H2,(H,27,29)/t19-/m0/s1. The number of likely N-dealkylation sites (tertiary alicyclic amines) is 1. The lowest BCUT2D eigenvalue weighted by Crippen LogP contribution is -2.44. The van der Waals surface area contributed by atoms with Crippen LogP contribution in [0.25, 0.3) is 0 Å². The Labute approximate surface area is 177 Å². The summed E-state index contributed by atoms with van der Waals surface area (Å²) in [6.45, 7) is 1.52. The van der Waals surface area contributed by atoms with Gasteiger partial charge in [0.2, 0.25) is 5.91 Å². The van der Waals surface area contributed by atoms with Gasteiger partial charge in [0.1, 0.15) is 0 Å². The normalized spacial score (nSPS) is 22.4. The highest BCUT2D eigenvalue weighted by atomic mass is 16.2. The summed E-state index contributed by atoms with van der Waals surface area (Å²) in [4.78, 5) is 31.4. The maximum Gasteiger partial charge on any atom is 0.253 e. The number of carbonyl (C=O) groups is 2. The molecule has 1 aromatic heterocycles. The molecular weight excluding hydrogens is 374 g/mol. The first-order valence-corrected chi connectivity index (χ1v) is 11.2. The van der Waals surface area contributed by atoms with Crippen molar-refractivity contribution in [1.82, 2.24) is 15.2 Å². The fraction of sp³-hybridized carbons (Fsp3) is 0.480. The van der Waals surface area contributed by atoms with Crippen LogP contribution < -0.4 is 5.32 Å². The van der Waals surface area contributed by atoms with Crippen LogP contribution in [0.2, 0.25) is 0 Å². The van der Waals surface area contributed by atoms with Gasteiger partial charge < -0.3 is 10.2 Å². The van der Waals surface area contributed by atoms with Crippen molar-refractivity contribution in [2.24, 2.45) is 0 Å². The molecule has 1 aromatic carbocycles. The summed E-state index contributed by atoms with van der Waals surface area (Å²) >= 11 is 0. The Morgan fingerprint density at radius 2 is 1.80 bits per heavy atom. The number of nitrogens with zero attached hydrogens (tertiary/aromatic N) is 2. The van der Waals surface area contributed by atoms with E-state index in [0.717, 1.165) is 45.2 Å². The van der Waals surface area contributed by atoms with Crippen LogP contribution in [0.3, 0.4) is 0 Å². The van der Waals surface area contributed by atoms with Gasteiger partial charge in [-0.15, -0.1) is 0 Å². The maximum atomic E-state index is 12.8. The van der Waals surface area contributed by atoms with Gasteiger partial charge in [-0.3, -0.25) is 14.6 Å². The molecule has 156 valence electrons. The summed E-state index contributed by atoms with van der Waals surface area (Å²) in [6, 6.07) is 12.6. The Kier molecular flexibility index (Phi) is 5.05. The van der Waals surface area contributed by atoms with Crippen molar-refractivity contribution in [1.29, 1.82) is 0 Å². The van der Waals surface area contributed by atoms with Crippen LogP contribution in [0.1, 0.15) is 72.3 Å². The van der Waals surface area contributed by atoms with E-state index in [2.05, 4.69) is 34.6 Å². The van der Waals surface area contributed by atoms with Gasteiger partial charge in [0.15, 0.2) is 0 Å². The largest absolute Gasteiger partial charge is 0.353 e. The number of amides is 2. The molecule has 2 amide bonds. The number of hydrogen-bond acceptors (Lipinski definition) is 3. The van der Waals surface area contributed by atoms with Gasteiger partial charge in [-0.05, 0) is 73.1 Å². The highest BCUT2D eigenvalue weighted by Crippen LogP contribution is 2.52. The van der Waals surface area contributed by atoms with Crippen LogP contribution in [-0.4, -0.2) is 40.8 Å². The predicted molar refractivity (Wildman–Crippen MR) is 115 cm³/mol. The molecule has 1 N–H and O–H groups in total. The molecule has 2 aliphatic carbocycles. The minimum Gasteiger partial charge on any atom is -0.353 e. The van der Waals surface area contributed by atoms with Crippen LogP contribution >= 0.6 is 0 Å². The number of nitrogens with one attached hydrogen (secondary N) is 1. The quantitative estimate of drug-likeness (QED) is 0.845. The van der Waals surface area contributed by atoms with Crippen LogP contribution in [-0.2, 0) is 10.2 Å². The first kappa shape index (κ1) is 19.3. The Hall–Kier alpha value is -2.69. The molecule has 5 rings (SSSR count). The Bertz CT molecular complexity index is 930.